The summed E-state index contributed by atoms with van der Waals surface area (Å²) in [5.74, 6) is 0.560. The molecule has 1 atom stereocenters. The van der Waals surface area contributed by atoms with Crippen molar-refractivity contribution in [3.8, 4) is 6.07 Å². The smallest absolute Gasteiger partial charge is 0.115 e. The Labute approximate surface area is 99.7 Å². The number of nitriles is 1. The monoisotopic (exact) mass is 240 g/mol. The Morgan fingerprint density at radius 2 is 2.27 bits per heavy atom. The second-order valence-electron chi connectivity index (χ2n) is 3.46. The van der Waals surface area contributed by atoms with Gasteiger partial charge in [-0.2, -0.15) is 5.26 Å². The Hall–Kier alpha value is -0.720. The summed E-state index contributed by atoms with van der Waals surface area (Å²) in [5, 5.41) is 10.1. The molecule has 0 aromatic carbocycles. The van der Waals surface area contributed by atoms with Crippen molar-refractivity contribution in [3.63, 3.8) is 0 Å². The first-order chi connectivity index (χ1) is 7.08. The second-order valence-corrected chi connectivity index (χ2v) is 5.19. The average molecular weight is 241 g/mol. The molecule has 0 aliphatic heterocycles. The Morgan fingerprint density at radius 3 is 2.80 bits per heavy atom. The van der Waals surface area contributed by atoms with E-state index in [2.05, 4.69) is 11.1 Å². The van der Waals surface area contributed by atoms with Crippen LogP contribution in [0.1, 0.15) is 23.7 Å². The van der Waals surface area contributed by atoms with E-state index in [9.17, 15) is 0 Å². The Kier molecular flexibility index (Phi) is 4.44. The van der Waals surface area contributed by atoms with Crippen molar-refractivity contribution in [3.05, 3.63) is 22.9 Å². The van der Waals surface area contributed by atoms with Crippen LogP contribution in [0.5, 0.6) is 0 Å². The van der Waals surface area contributed by atoms with E-state index in [4.69, 9.17) is 16.9 Å². The molecule has 1 heterocycles. The van der Waals surface area contributed by atoms with Gasteiger partial charge in [0.2, 0.25) is 0 Å². The molecule has 2 nitrogen and oxygen atoms in total. The standard InChI is InChI=1S/C11H13ClN2S/c1-7-4-8(2)14-11(10(7)6-13)15-9(3)5-12/h4,9H,5H2,1-3H3. The lowest BCUT2D eigenvalue weighted by Crippen LogP contribution is -2.01. The number of aromatic nitrogens is 1. The van der Waals surface area contributed by atoms with E-state index >= 15 is 0 Å². The van der Waals surface area contributed by atoms with Crippen molar-refractivity contribution in [2.45, 2.75) is 31.0 Å². The van der Waals surface area contributed by atoms with E-state index in [1.165, 1.54) is 0 Å². The molecule has 80 valence electrons. The van der Waals surface area contributed by atoms with Crippen LogP contribution in [0.3, 0.4) is 0 Å². The van der Waals surface area contributed by atoms with Gasteiger partial charge in [-0.1, -0.05) is 6.92 Å². The molecule has 4 heteroatoms. The van der Waals surface area contributed by atoms with Crippen molar-refractivity contribution >= 4 is 23.4 Å². The molecule has 0 saturated carbocycles. The first-order valence-corrected chi connectivity index (χ1v) is 6.11. The van der Waals surface area contributed by atoms with Crippen LogP contribution in [0.4, 0.5) is 0 Å². The molecule has 0 amide bonds. The average Bonchev–Trinajstić information content (AvgIpc) is 2.17. The van der Waals surface area contributed by atoms with Crippen molar-refractivity contribution in [1.82, 2.24) is 4.98 Å². The van der Waals surface area contributed by atoms with E-state index in [1.807, 2.05) is 26.8 Å². The van der Waals surface area contributed by atoms with Gasteiger partial charge in [-0.3, -0.25) is 0 Å². The van der Waals surface area contributed by atoms with Crippen molar-refractivity contribution in [1.29, 1.82) is 5.26 Å². The van der Waals surface area contributed by atoms with E-state index in [0.29, 0.717) is 11.4 Å². The van der Waals surface area contributed by atoms with Gasteiger partial charge in [0.05, 0.1) is 5.56 Å². The summed E-state index contributed by atoms with van der Waals surface area (Å²) in [6.07, 6.45) is 0. The summed E-state index contributed by atoms with van der Waals surface area (Å²) < 4.78 is 0. The topological polar surface area (TPSA) is 36.7 Å². The summed E-state index contributed by atoms with van der Waals surface area (Å²) >= 11 is 7.30. The van der Waals surface area contributed by atoms with Crippen LogP contribution in [-0.2, 0) is 0 Å². The molecule has 0 N–H and O–H groups in total. The van der Waals surface area contributed by atoms with Gasteiger partial charge in [0.15, 0.2) is 0 Å². The lowest BCUT2D eigenvalue weighted by Gasteiger charge is -2.10. The summed E-state index contributed by atoms with van der Waals surface area (Å²) in [6.45, 7) is 5.89. The lowest BCUT2D eigenvalue weighted by atomic mass is 10.1. The van der Waals surface area contributed by atoms with Gasteiger partial charge in [0.25, 0.3) is 0 Å². The van der Waals surface area contributed by atoms with E-state index < -0.39 is 0 Å². The Morgan fingerprint density at radius 1 is 1.60 bits per heavy atom. The fourth-order valence-electron chi connectivity index (χ4n) is 1.25. The molecule has 0 spiro atoms. The zero-order valence-corrected chi connectivity index (χ0v) is 10.6. The third-order valence-electron chi connectivity index (χ3n) is 1.95. The maximum absolute atomic E-state index is 9.04. The number of alkyl halides is 1. The number of pyridine rings is 1. The number of aryl methyl sites for hydroxylation is 2. The van der Waals surface area contributed by atoms with Crippen molar-refractivity contribution in [2.75, 3.05) is 5.88 Å². The van der Waals surface area contributed by atoms with Crippen LogP contribution in [-0.4, -0.2) is 16.1 Å². The minimum atomic E-state index is 0.271. The highest BCUT2D eigenvalue weighted by Crippen LogP contribution is 2.27. The minimum absolute atomic E-state index is 0.271. The van der Waals surface area contributed by atoms with Crippen LogP contribution in [0.2, 0.25) is 0 Å². The van der Waals surface area contributed by atoms with Crippen LogP contribution in [0, 0.1) is 25.2 Å². The summed E-state index contributed by atoms with van der Waals surface area (Å²) in [6, 6.07) is 4.12. The first kappa shape index (κ1) is 12.4. The van der Waals surface area contributed by atoms with Gasteiger partial charge in [-0.15, -0.1) is 23.4 Å². The molecule has 0 aliphatic rings. The van der Waals surface area contributed by atoms with Crippen molar-refractivity contribution < 1.29 is 0 Å². The molecule has 0 bridgehead atoms. The third kappa shape index (κ3) is 3.12. The quantitative estimate of drug-likeness (QED) is 0.601. The molecular formula is C11H13ClN2S. The fourth-order valence-corrected chi connectivity index (χ4v) is 2.40. The number of rotatable bonds is 3. The van der Waals surface area contributed by atoms with Gasteiger partial charge in [-0.25, -0.2) is 4.98 Å². The molecule has 1 rings (SSSR count). The molecule has 0 fully saturated rings. The molecular weight excluding hydrogens is 228 g/mol. The minimum Gasteiger partial charge on any atom is -0.245 e. The number of hydrogen-bond donors (Lipinski definition) is 0. The van der Waals surface area contributed by atoms with E-state index in [0.717, 1.165) is 16.3 Å². The molecule has 1 aromatic heterocycles. The van der Waals surface area contributed by atoms with E-state index in [1.54, 1.807) is 11.8 Å². The summed E-state index contributed by atoms with van der Waals surface area (Å²) in [4.78, 5) is 4.37. The zero-order chi connectivity index (χ0) is 11.4. The largest absolute Gasteiger partial charge is 0.245 e. The normalized spacial score (nSPS) is 12.2. The molecule has 15 heavy (non-hydrogen) atoms. The van der Waals surface area contributed by atoms with Crippen LogP contribution < -0.4 is 0 Å². The molecule has 1 aromatic rings. The van der Waals surface area contributed by atoms with Gasteiger partial charge >= 0.3 is 0 Å². The van der Waals surface area contributed by atoms with Crippen LogP contribution >= 0.6 is 23.4 Å². The van der Waals surface area contributed by atoms with Gasteiger partial charge in [0, 0.05) is 16.8 Å². The summed E-state index contributed by atoms with van der Waals surface area (Å²) in [7, 11) is 0. The highest BCUT2D eigenvalue weighted by atomic mass is 35.5. The first-order valence-electron chi connectivity index (χ1n) is 4.69. The number of hydrogen-bond acceptors (Lipinski definition) is 3. The molecule has 0 aliphatic carbocycles. The molecule has 0 saturated heterocycles. The molecule has 1 unspecified atom stereocenters. The van der Waals surface area contributed by atoms with Crippen LogP contribution in [0.15, 0.2) is 11.1 Å². The number of thioether (sulfide) groups is 1. The Bertz CT molecular complexity index is 398. The highest BCUT2D eigenvalue weighted by Gasteiger charge is 2.12. The second kappa shape index (κ2) is 5.39. The number of nitrogens with zero attached hydrogens (tertiary/aromatic N) is 2. The van der Waals surface area contributed by atoms with Gasteiger partial charge in [-0.05, 0) is 25.5 Å². The predicted molar refractivity (Wildman–Crippen MR) is 64.5 cm³/mol. The fraction of sp³-hybridized carbons (Fsp3) is 0.455. The third-order valence-corrected chi connectivity index (χ3v) is 3.69. The zero-order valence-electron chi connectivity index (χ0n) is 9.04. The maximum Gasteiger partial charge on any atom is 0.115 e. The van der Waals surface area contributed by atoms with Gasteiger partial charge < -0.3 is 0 Å². The number of halogens is 1. The Balaban J connectivity index is 3.10. The maximum atomic E-state index is 9.04. The van der Waals surface area contributed by atoms with Crippen molar-refractivity contribution in [2.24, 2.45) is 0 Å². The van der Waals surface area contributed by atoms with Gasteiger partial charge in [0.1, 0.15) is 11.1 Å². The molecule has 0 radical (unpaired) electrons. The predicted octanol–water partition coefficient (Wildman–Crippen LogP) is 3.29. The van der Waals surface area contributed by atoms with Crippen LogP contribution in [0.25, 0.3) is 0 Å². The summed E-state index contributed by atoms with van der Waals surface area (Å²) in [5.41, 5.74) is 2.59. The SMILES string of the molecule is Cc1cc(C)c(C#N)c(SC(C)CCl)n1. The highest BCUT2D eigenvalue weighted by molar-refractivity contribution is 8.00. The van der Waals surface area contributed by atoms with E-state index in [-0.39, 0.29) is 5.25 Å². The lowest BCUT2D eigenvalue weighted by molar-refractivity contribution is 1.01.